The Labute approximate surface area is 163 Å². The van der Waals surface area contributed by atoms with Crippen LogP contribution in [0.5, 0.6) is 5.75 Å². The zero-order valence-corrected chi connectivity index (χ0v) is 15.9. The van der Waals surface area contributed by atoms with Crippen molar-refractivity contribution in [1.82, 2.24) is 14.6 Å². The first-order valence-corrected chi connectivity index (χ1v) is 9.25. The lowest BCUT2D eigenvalue weighted by Gasteiger charge is -2.01. The molecular formula is C18H12Cl2N4OS. The van der Waals surface area contributed by atoms with Crippen LogP contribution in [-0.4, -0.2) is 27.9 Å². The van der Waals surface area contributed by atoms with E-state index in [4.69, 9.17) is 27.9 Å². The topological polar surface area (TPSA) is 51.8 Å². The van der Waals surface area contributed by atoms with Crippen molar-refractivity contribution < 1.29 is 4.74 Å². The van der Waals surface area contributed by atoms with Gasteiger partial charge in [-0.3, -0.25) is 0 Å². The molecule has 8 heteroatoms. The Kier molecular flexibility index (Phi) is 4.63. The van der Waals surface area contributed by atoms with Gasteiger partial charge in [0.15, 0.2) is 0 Å². The molecule has 4 rings (SSSR count). The van der Waals surface area contributed by atoms with Gasteiger partial charge in [0, 0.05) is 27.7 Å². The predicted molar refractivity (Wildman–Crippen MR) is 107 cm³/mol. The quantitative estimate of drug-likeness (QED) is 0.422. The zero-order chi connectivity index (χ0) is 18.1. The summed E-state index contributed by atoms with van der Waals surface area (Å²) in [5.74, 6) is 1.18. The second-order valence-electron chi connectivity index (χ2n) is 5.38. The number of fused-ring (bicyclic) bond motifs is 1. The van der Waals surface area contributed by atoms with Crippen molar-refractivity contribution in [3.05, 3.63) is 63.5 Å². The SMILES string of the molecule is COc1ccc(-c2csc3nc(N=Cc4ccc(Cl)cc4Cl)nn23)cc1. The molecule has 0 atom stereocenters. The van der Waals surface area contributed by atoms with Gasteiger partial charge >= 0.3 is 0 Å². The summed E-state index contributed by atoms with van der Waals surface area (Å²) in [4.78, 5) is 9.53. The molecule has 0 saturated carbocycles. The van der Waals surface area contributed by atoms with E-state index in [9.17, 15) is 0 Å². The Bertz CT molecular complexity index is 1100. The maximum absolute atomic E-state index is 6.15. The molecule has 5 nitrogen and oxygen atoms in total. The number of methoxy groups -OCH3 is 1. The minimum atomic E-state index is 0.373. The number of halogens is 2. The van der Waals surface area contributed by atoms with Gasteiger partial charge in [0.25, 0.3) is 5.95 Å². The van der Waals surface area contributed by atoms with Crippen molar-refractivity contribution in [2.45, 2.75) is 0 Å². The summed E-state index contributed by atoms with van der Waals surface area (Å²) >= 11 is 13.6. The van der Waals surface area contributed by atoms with Crippen LogP contribution in [-0.2, 0) is 0 Å². The summed E-state index contributed by atoms with van der Waals surface area (Å²) in [5.41, 5.74) is 2.73. The molecule has 26 heavy (non-hydrogen) atoms. The first-order valence-electron chi connectivity index (χ1n) is 7.62. The highest BCUT2D eigenvalue weighted by Crippen LogP contribution is 2.28. The fourth-order valence-electron chi connectivity index (χ4n) is 2.42. The average molecular weight is 403 g/mol. The molecular weight excluding hydrogens is 391 g/mol. The summed E-state index contributed by atoms with van der Waals surface area (Å²) in [6, 6.07) is 13.0. The smallest absolute Gasteiger partial charge is 0.269 e. The molecule has 0 aliphatic carbocycles. The molecule has 0 unspecified atom stereocenters. The predicted octanol–water partition coefficient (Wildman–Crippen LogP) is 5.52. The number of thiazole rings is 1. The van der Waals surface area contributed by atoms with E-state index in [1.807, 2.05) is 29.6 Å². The molecule has 0 spiro atoms. The second kappa shape index (κ2) is 7.07. The number of ether oxygens (including phenoxy) is 1. The molecule has 2 aromatic heterocycles. The Balaban J connectivity index is 1.66. The van der Waals surface area contributed by atoms with Crippen LogP contribution in [0.4, 0.5) is 5.95 Å². The van der Waals surface area contributed by atoms with E-state index in [1.54, 1.807) is 36.0 Å². The van der Waals surface area contributed by atoms with Crippen LogP contribution in [0, 0.1) is 0 Å². The van der Waals surface area contributed by atoms with Gasteiger partial charge in [-0.1, -0.05) is 29.3 Å². The Morgan fingerprint density at radius 1 is 1.15 bits per heavy atom. The number of aromatic nitrogens is 3. The minimum absolute atomic E-state index is 0.373. The number of hydrogen-bond donors (Lipinski definition) is 0. The number of aliphatic imine (C=N–C) groups is 1. The fourth-order valence-corrected chi connectivity index (χ4v) is 3.70. The number of nitrogens with zero attached hydrogens (tertiary/aromatic N) is 4. The number of rotatable bonds is 4. The Morgan fingerprint density at radius 2 is 1.96 bits per heavy atom. The van der Waals surface area contributed by atoms with Gasteiger partial charge in [-0.2, -0.15) is 4.98 Å². The molecule has 2 heterocycles. The first-order chi connectivity index (χ1) is 12.6. The summed E-state index contributed by atoms with van der Waals surface area (Å²) in [6.07, 6.45) is 1.63. The molecule has 0 N–H and O–H groups in total. The van der Waals surface area contributed by atoms with Crippen LogP contribution in [0.25, 0.3) is 16.2 Å². The van der Waals surface area contributed by atoms with Crippen molar-refractivity contribution in [2.75, 3.05) is 7.11 Å². The average Bonchev–Trinajstić information content (AvgIpc) is 3.21. The summed E-state index contributed by atoms with van der Waals surface area (Å²) in [6.45, 7) is 0. The van der Waals surface area contributed by atoms with E-state index >= 15 is 0 Å². The summed E-state index contributed by atoms with van der Waals surface area (Å²) in [7, 11) is 1.65. The third kappa shape index (κ3) is 3.31. The molecule has 0 aliphatic rings. The fraction of sp³-hybridized carbons (Fsp3) is 0.0556. The molecule has 2 aromatic carbocycles. The molecule has 4 aromatic rings. The Morgan fingerprint density at radius 3 is 2.69 bits per heavy atom. The van der Waals surface area contributed by atoms with Gasteiger partial charge in [0.05, 0.1) is 17.8 Å². The molecule has 0 bridgehead atoms. The van der Waals surface area contributed by atoms with Gasteiger partial charge in [-0.25, -0.2) is 9.51 Å². The van der Waals surface area contributed by atoms with Crippen LogP contribution in [0.2, 0.25) is 10.0 Å². The molecule has 0 saturated heterocycles. The van der Waals surface area contributed by atoms with Crippen LogP contribution >= 0.6 is 34.5 Å². The van der Waals surface area contributed by atoms with Crippen LogP contribution in [0.15, 0.2) is 52.8 Å². The highest BCUT2D eigenvalue weighted by Gasteiger charge is 2.11. The minimum Gasteiger partial charge on any atom is -0.497 e. The van der Waals surface area contributed by atoms with Crippen LogP contribution in [0.1, 0.15) is 5.56 Å². The van der Waals surface area contributed by atoms with Crippen molar-refractivity contribution in [1.29, 1.82) is 0 Å². The first kappa shape index (κ1) is 17.0. The normalized spacial score (nSPS) is 11.5. The van der Waals surface area contributed by atoms with Crippen LogP contribution in [0.3, 0.4) is 0 Å². The van der Waals surface area contributed by atoms with E-state index in [1.165, 1.54) is 11.3 Å². The molecule has 0 radical (unpaired) electrons. The molecule has 0 amide bonds. The van der Waals surface area contributed by atoms with E-state index in [2.05, 4.69) is 15.1 Å². The summed E-state index contributed by atoms with van der Waals surface area (Å²) in [5, 5.41) is 7.60. The molecule has 0 aliphatic heterocycles. The lowest BCUT2D eigenvalue weighted by atomic mass is 10.2. The maximum Gasteiger partial charge on any atom is 0.269 e. The van der Waals surface area contributed by atoms with Crippen molar-refractivity contribution in [3.8, 4) is 17.0 Å². The van der Waals surface area contributed by atoms with Gasteiger partial charge in [0.1, 0.15) is 5.75 Å². The van der Waals surface area contributed by atoms with Gasteiger partial charge in [0.2, 0.25) is 4.96 Å². The second-order valence-corrected chi connectivity index (χ2v) is 7.06. The number of hydrogen-bond acceptors (Lipinski definition) is 5. The summed E-state index contributed by atoms with van der Waals surface area (Å²) < 4.78 is 6.98. The lowest BCUT2D eigenvalue weighted by Crippen LogP contribution is -1.89. The van der Waals surface area contributed by atoms with E-state index in [0.717, 1.165) is 27.5 Å². The highest BCUT2D eigenvalue weighted by atomic mass is 35.5. The van der Waals surface area contributed by atoms with Crippen molar-refractivity contribution in [2.24, 2.45) is 4.99 Å². The van der Waals surface area contributed by atoms with Crippen LogP contribution < -0.4 is 4.74 Å². The van der Waals surface area contributed by atoms with Gasteiger partial charge in [-0.15, -0.1) is 16.4 Å². The standard InChI is InChI=1S/C18H12Cl2N4OS/c1-25-14-6-3-11(4-7-14)16-10-26-18-22-17(23-24(16)18)21-9-12-2-5-13(19)8-15(12)20/h2-10H,1H3. The van der Waals surface area contributed by atoms with E-state index in [0.29, 0.717) is 16.0 Å². The third-order valence-electron chi connectivity index (χ3n) is 3.74. The van der Waals surface area contributed by atoms with E-state index < -0.39 is 0 Å². The number of benzene rings is 2. The Hall–Kier alpha value is -2.41. The van der Waals surface area contributed by atoms with Gasteiger partial charge < -0.3 is 4.74 Å². The monoisotopic (exact) mass is 402 g/mol. The zero-order valence-electron chi connectivity index (χ0n) is 13.6. The van der Waals surface area contributed by atoms with Crippen molar-refractivity contribution >= 4 is 51.7 Å². The third-order valence-corrected chi connectivity index (χ3v) is 5.12. The molecule has 0 fully saturated rings. The highest BCUT2D eigenvalue weighted by molar-refractivity contribution is 7.15. The van der Waals surface area contributed by atoms with Gasteiger partial charge in [-0.05, 0) is 36.4 Å². The largest absolute Gasteiger partial charge is 0.497 e. The lowest BCUT2D eigenvalue weighted by molar-refractivity contribution is 0.415. The molecule has 130 valence electrons. The van der Waals surface area contributed by atoms with Crippen molar-refractivity contribution in [3.63, 3.8) is 0 Å². The van der Waals surface area contributed by atoms with E-state index in [-0.39, 0.29) is 0 Å². The maximum atomic E-state index is 6.15.